The van der Waals surface area contributed by atoms with Crippen LogP contribution in [-0.2, 0) is 7.05 Å². The van der Waals surface area contributed by atoms with Gasteiger partial charge in [-0.2, -0.15) is 0 Å². The number of fused-ring (bicyclic) bond motifs is 3. The fourth-order valence-corrected chi connectivity index (χ4v) is 3.66. The summed E-state index contributed by atoms with van der Waals surface area (Å²) in [5.74, 6) is -0.00638. The maximum Gasteiger partial charge on any atom is 0.334 e. The summed E-state index contributed by atoms with van der Waals surface area (Å²) < 4.78 is 22.8. The number of allylic oxidation sites excluding steroid dienone is 2. The average Bonchev–Trinajstić information content (AvgIpc) is 2.96. The maximum absolute atomic E-state index is 14.5. The molecule has 0 aliphatic carbocycles. The summed E-state index contributed by atoms with van der Waals surface area (Å²) in [4.78, 5) is 26.0. The van der Waals surface area contributed by atoms with Gasteiger partial charge < -0.3 is 4.74 Å². The van der Waals surface area contributed by atoms with Crippen LogP contribution in [0.5, 0.6) is 5.75 Å². The van der Waals surface area contributed by atoms with E-state index >= 15 is 0 Å². The summed E-state index contributed by atoms with van der Waals surface area (Å²) in [5.41, 5.74) is 3.81. The number of nitrogens with zero attached hydrogens (tertiary/aromatic N) is 5. The van der Waals surface area contributed by atoms with Crippen molar-refractivity contribution in [1.82, 2.24) is 19.1 Å². The first-order chi connectivity index (χ1) is 14.0. The molecule has 3 aromatic heterocycles. The number of hydrogen-bond acceptors (Lipinski definition) is 5. The molecule has 4 aromatic rings. The highest BCUT2D eigenvalue weighted by atomic mass is 19.1. The van der Waals surface area contributed by atoms with Crippen LogP contribution in [0.25, 0.3) is 27.8 Å². The number of methoxy groups -OCH3 is 1. The van der Waals surface area contributed by atoms with E-state index in [0.717, 1.165) is 17.0 Å². The second-order valence-electron chi connectivity index (χ2n) is 6.83. The summed E-state index contributed by atoms with van der Waals surface area (Å²) >= 11 is 0. The smallest absolute Gasteiger partial charge is 0.334 e. The van der Waals surface area contributed by atoms with Gasteiger partial charge in [0.15, 0.2) is 11.6 Å². The van der Waals surface area contributed by atoms with Gasteiger partial charge in [-0.15, -0.1) is 0 Å². The molecule has 5 rings (SSSR count). The van der Waals surface area contributed by atoms with Crippen molar-refractivity contribution in [2.75, 3.05) is 7.11 Å². The zero-order chi connectivity index (χ0) is 20.3. The van der Waals surface area contributed by atoms with Crippen molar-refractivity contribution in [3.05, 3.63) is 70.3 Å². The molecule has 1 aliphatic heterocycles. The zero-order valence-electron chi connectivity index (χ0n) is 16.0. The van der Waals surface area contributed by atoms with Crippen LogP contribution in [0.15, 0.2) is 58.2 Å². The molecule has 0 unspecified atom stereocenters. The molecule has 7 nitrogen and oxygen atoms in total. The molecule has 0 saturated heterocycles. The number of hydrogen-bond donors (Lipinski definition) is 0. The zero-order valence-corrected chi connectivity index (χ0v) is 16.0. The van der Waals surface area contributed by atoms with E-state index in [1.54, 1.807) is 26.4 Å². The summed E-state index contributed by atoms with van der Waals surface area (Å²) in [6.45, 7) is 1.91. The quantitative estimate of drug-likeness (QED) is 0.540. The number of aryl methyl sites for hydroxylation is 1. The summed E-state index contributed by atoms with van der Waals surface area (Å²) in [5, 5.41) is 0.682. The molecule has 8 heteroatoms. The minimum Gasteiger partial charge on any atom is -0.496 e. The van der Waals surface area contributed by atoms with Crippen molar-refractivity contribution in [3.63, 3.8) is 0 Å². The fraction of sp³-hybridized carbons (Fsp3) is 0.143. The van der Waals surface area contributed by atoms with Crippen LogP contribution in [0, 0.1) is 5.82 Å². The van der Waals surface area contributed by atoms with Crippen molar-refractivity contribution in [1.29, 1.82) is 0 Å². The molecule has 1 aromatic carbocycles. The molecule has 0 N–H and O–H groups in total. The Morgan fingerprint density at radius 3 is 2.69 bits per heavy atom. The molecule has 0 amide bonds. The number of aromatic nitrogens is 4. The van der Waals surface area contributed by atoms with Gasteiger partial charge in [-0.05, 0) is 31.2 Å². The first kappa shape index (κ1) is 17.3. The molecule has 0 radical (unpaired) electrons. The Kier molecular flexibility index (Phi) is 3.64. The minimum atomic E-state index is -0.581. The largest absolute Gasteiger partial charge is 0.496 e. The Morgan fingerprint density at radius 2 is 2.00 bits per heavy atom. The van der Waals surface area contributed by atoms with Crippen molar-refractivity contribution >= 4 is 27.6 Å². The lowest BCUT2D eigenvalue weighted by Gasteiger charge is -2.16. The predicted molar refractivity (Wildman–Crippen MR) is 108 cm³/mol. The van der Waals surface area contributed by atoms with E-state index in [-0.39, 0.29) is 5.82 Å². The molecule has 0 bridgehead atoms. The molecular formula is C21H16FN5O2. The van der Waals surface area contributed by atoms with Gasteiger partial charge in [-0.25, -0.2) is 18.7 Å². The van der Waals surface area contributed by atoms with Crippen LogP contribution in [-0.4, -0.2) is 31.9 Å². The minimum absolute atomic E-state index is 0.0512. The van der Waals surface area contributed by atoms with Crippen molar-refractivity contribution in [2.45, 2.75) is 6.92 Å². The topological polar surface area (TPSA) is 74.3 Å². The molecule has 0 atom stereocenters. The highest BCUT2D eigenvalue weighted by Crippen LogP contribution is 2.33. The van der Waals surface area contributed by atoms with Gasteiger partial charge in [-0.3, -0.25) is 14.5 Å². The van der Waals surface area contributed by atoms with Crippen LogP contribution in [0.4, 0.5) is 4.39 Å². The van der Waals surface area contributed by atoms with Gasteiger partial charge in [0, 0.05) is 36.0 Å². The lowest BCUT2D eigenvalue weighted by molar-refractivity contribution is 0.414. The Bertz CT molecular complexity index is 1450. The van der Waals surface area contributed by atoms with E-state index in [1.165, 1.54) is 27.5 Å². The van der Waals surface area contributed by atoms with E-state index in [2.05, 4.69) is 15.0 Å². The summed E-state index contributed by atoms with van der Waals surface area (Å²) in [6, 6.07) is 6.44. The first-order valence-electron chi connectivity index (χ1n) is 8.96. The maximum atomic E-state index is 14.5. The van der Waals surface area contributed by atoms with Crippen LogP contribution in [0.1, 0.15) is 12.5 Å². The SMILES string of the molecule is COc1cc2ncc3c(c2cc1C1=NC(C)=C1)n(-c1ncccc1F)c(=O)n3C. The molecule has 0 spiro atoms. The molecule has 29 heavy (non-hydrogen) atoms. The summed E-state index contributed by atoms with van der Waals surface area (Å²) in [6.07, 6.45) is 5.01. The van der Waals surface area contributed by atoms with E-state index < -0.39 is 11.5 Å². The van der Waals surface area contributed by atoms with Crippen LogP contribution in [0.3, 0.4) is 0 Å². The first-order valence-corrected chi connectivity index (χ1v) is 8.96. The van der Waals surface area contributed by atoms with E-state index in [0.29, 0.717) is 27.7 Å². The Balaban J connectivity index is 1.93. The second kappa shape index (κ2) is 6.10. The van der Waals surface area contributed by atoms with Crippen molar-refractivity contribution in [2.24, 2.45) is 12.0 Å². The van der Waals surface area contributed by atoms with E-state index in [9.17, 15) is 9.18 Å². The number of benzene rings is 1. The monoisotopic (exact) mass is 389 g/mol. The van der Waals surface area contributed by atoms with Crippen LogP contribution >= 0.6 is 0 Å². The van der Waals surface area contributed by atoms with Gasteiger partial charge in [0.25, 0.3) is 0 Å². The number of imidazole rings is 1. The molecule has 4 heterocycles. The van der Waals surface area contributed by atoms with Crippen LogP contribution < -0.4 is 10.4 Å². The normalized spacial score (nSPS) is 13.4. The molecule has 1 aliphatic rings. The lowest BCUT2D eigenvalue weighted by atomic mass is 10.0. The van der Waals surface area contributed by atoms with Gasteiger partial charge in [0.05, 0.1) is 35.6 Å². The Labute approximate surface area is 164 Å². The molecule has 0 fully saturated rings. The fourth-order valence-electron chi connectivity index (χ4n) is 3.66. The highest BCUT2D eigenvalue weighted by Gasteiger charge is 2.22. The predicted octanol–water partition coefficient (Wildman–Crippen LogP) is 3.13. The summed E-state index contributed by atoms with van der Waals surface area (Å²) in [7, 11) is 3.21. The van der Waals surface area contributed by atoms with Crippen molar-refractivity contribution in [3.8, 4) is 11.6 Å². The Hall–Kier alpha value is -3.81. The third-order valence-electron chi connectivity index (χ3n) is 5.07. The van der Waals surface area contributed by atoms with E-state index in [4.69, 9.17) is 4.74 Å². The Morgan fingerprint density at radius 1 is 1.21 bits per heavy atom. The van der Waals surface area contributed by atoms with Gasteiger partial charge in [-0.1, -0.05) is 0 Å². The van der Waals surface area contributed by atoms with Gasteiger partial charge in [0.1, 0.15) is 5.75 Å². The number of rotatable bonds is 3. The average molecular weight is 389 g/mol. The van der Waals surface area contributed by atoms with Gasteiger partial charge >= 0.3 is 5.69 Å². The molecular weight excluding hydrogens is 373 g/mol. The van der Waals surface area contributed by atoms with Crippen LogP contribution in [0.2, 0.25) is 0 Å². The number of ether oxygens (including phenoxy) is 1. The standard InChI is InChI=1S/C21H16FN5O2/c1-11-7-16(25-11)12-8-13-15(9-18(12)29-3)24-10-17-19(13)27(21(28)26(17)2)20-14(22)5-4-6-23-20/h4-10H,1-3H3. The number of pyridine rings is 2. The third-order valence-corrected chi connectivity index (χ3v) is 5.07. The second-order valence-corrected chi connectivity index (χ2v) is 6.83. The highest BCUT2D eigenvalue weighted by molar-refractivity contribution is 6.17. The molecule has 144 valence electrons. The third kappa shape index (κ3) is 2.42. The number of aliphatic imine (C=N–C) groups is 1. The number of halogens is 1. The molecule has 0 saturated carbocycles. The van der Waals surface area contributed by atoms with Crippen molar-refractivity contribution < 1.29 is 9.13 Å². The lowest BCUT2D eigenvalue weighted by Crippen LogP contribution is -2.22. The van der Waals surface area contributed by atoms with E-state index in [1.807, 2.05) is 19.1 Å². The van der Waals surface area contributed by atoms with Gasteiger partial charge in [0.2, 0.25) is 0 Å².